The van der Waals surface area contributed by atoms with Crippen molar-refractivity contribution in [1.82, 2.24) is 0 Å². The third-order valence-electron chi connectivity index (χ3n) is 0.667. The van der Waals surface area contributed by atoms with Gasteiger partial charge in [-0.15, -0.1) is 6.10 Å². The van der Waals surface area contributed by atoms with Gasteiger partial charge < -0.3 is 14.7 Å². The smallest absolute Gasteiger partial charge is 0.187 e. The zero-order chi connectivity index (χ0) is 6.73. The minimum atomic E-state index is -0.676. The molecule has 0 atom stereocenters. The Balaban J connectivity index is -0.000000245. The minimum Gasteiger partial charge on any atom is -0.530 e. The Hall–Kier alpha value is 0.586. The van der Waals surface area contributed by atoms with Crippen LogP contribution in [0.3, 0.4) is 0 Å². The van der Waals surface area contributed by atoms with Crippen LogP contribution in [0.4, 0.5) is 0 Å². The molecule has 5 heteroatoms. The maximum Gasteiger partial charge on any atom is 0.187 e. The molecular formula is C5H10AlO3Zr-. The van der Waals surface area contributed by atoms with E-state index < -0.39 is 17.7 Å². The summed E-state index contributed by atoms with van der Waals surface area (Å²) in [5.41, 5.74) is 0. The molecule has 0 aromatic rings. The molecule has 0 bridgehead atoms. The van der Waals surface area contributed by atoms with Gasteiger partial charge in [-0.25, -0.2) is 0 Å². The van der Waals surface area contributed by atoms with Gasteiger partial charge in [-0.1, -0.05) is 0 Å². The van der Waals surface area contributed by atoms with Crippen LogP contribution in [0.2, 0.25) is 0 Å². The standard InChI is InChI=1S/C5H7O3.Al.Zr.3H/c1-3(6)5(8)4(2)7;;;;;/h8H,1-2H3;;;;;/q-1;;;;;. The number of carbonyl (C=O) groups is 2. The Morgan fingerprint density at radius 2 is 1.40 bits per heavy atom. The van der Waals surface area contributed by atoms with E-state index in [0.29, 0.717) is 0 Å². The van der Waals surface area contributed by atoms with E-state index >= 15 is 0 Å². The Bertz CT molecular complexity index is 112. The topological polar surface area (TPSA) is 54.4 Å². The summed E-state index contributed by atoms with van der Waals surface area (Å²) in [5.74, 6) is -1.17. The predicted molar refractivity (Wildman–Crippen MR) is 36.5 cm³/mol. The van der Waals surface area contributed by atoms with Gasteiger partial charge in [-0.05, 0) is 13.8 Å². The molecule has 0 aliphatic carbocycles. The van der Waals surface area contributed by atoms with Gasteiger partial charge in [0.05, 0.1) is 0 Å². The quantitative estimate of drug-likeness (QED) is 0.375. The largest absolute Gasteiger partial charge is 0.530 e. The van der Waals surface area contributed by atoms with Crippen LogP contribution in [0.1, 0.15) is 13.8 Å². The predicted octanol–water partition coefficient (Wildman–Crippen LogP) is -1.12. The first kappa shape index (κ1) is 16.9. The van der Waals surface area contributed by atoms with Gasteiger partial charge in [-0.2, -0.15) is 0 Å². The van der Waals surface area contributed by atoms with E-state index in [1.807, 2.05) is 0 Å². The molecule has 3 nitrogen and oxygen atoms in total. The fraction of sp³-hybridized carbons (Fsp3) is 0.400. The molecule has 0 aliphatic rings. The number of rotatable bonds is 2. The molecule has 0 fully saturated rings. The van der Waals surface area contributed by atoms with Crippen LogP contribution in [-0.2, 0) is 35.8 Å². The molecule has 0 heterocycles. The number of aliphatic hydroxyl groups is 1. The van der Waals surface area contributed by atoms with Crippen molar-refractivity contribution in [3.8, 4) is 0 Å². The van der Waals surface area contributed by atoms with Crippen molar-refractivity contribution in [3.63, 3.8) is 0 Å². The van der Waals surface area contributed by atoms with Crippen LogP contribution in [0, 0.1) is 6.10 Å². The zero-order valence-corrected chi connectivity index (χ0v) is 7.72. The minimum absolute atomic E-state index is 0. The second-order valence-corrected chi connectivity index (χ2v) is 1.46. The van der Waals surface area contributed by atoms with Crippen LogP contribution in [-0.4, -0.2) is 34.0 Å². The molecule has 10 heavy (non-hydrogen) atoms. The van der Waals surface area contributed by atoms with Crippen LogP contribution in [0.5, 0.6) is 0 Å². The van der Waals surface area contributed by atoms with Crippen molar-refractivity contribution in [2.75, 3.05) is 0 Å². The van der Waals surface area contributed by atoms with E-state index in [0.717, 1.165) is 13.8 Å². The van der Waals surface area contributed by atoms with E-state index in [4.69, 9.17) is 5.11 Å². The second kappa shape index (κ2) is 7.69. The number of hydrogen-bond acceptors (Lipinski definition) is 3. The molecule has 0 radical (unpaired) electrons. The molecule has 0 saturated carbocycles. The third-order valence-corrected chi connectivity index (χ3v) is 0.667. The molecule has 0 aliphatic heterocycles. The van der Waals surface area contributed by atoms with Gasteiger partial charge >= 0.3 is 0 Å². The average Bonchev–Trinajstić information content (AvgIpc) is 1.64. The van der Waals surface area contributed by atoms with E-state index in [2.05, 4.69) is 0 Å². The first-order valence-electron chi connectivity index (χ1n) is 2.13. The van der Waals surface area contributed by atoms with Crippen molar-refractivity contribution in [1.29, 1.82) is 0 Å². The van der Waals surface area contributed by atoms with Crippen LogP contribution >= 0.6 is 0 Å². The molecule has 0 amide bonds. The molecule has 0 unspecified atom stereocenters. The van der Waals surface area contributed by atoms with Gasteiger partial charge in [0.25, 0.3) is 0 Å². The van der Waals surface area contributed by atoms with Gasteiger partial charge in [0.1, 0.15) is 0 Å². The summed E-state index contributed by atoms with van der Waals surface area (Å²) in [7, 11) is 0. The summed E-state index contributed by atoms with van der Waals surface area (Å²) in [6.07, 6.45) is -0.676. The van der Waals surface area contributed by atoms with Gasteiger partial charge in [0.15, 0.2) is 17.4 Å². The molecule has 0 saturated heterocycles. The molecule has 0 aromatic carbocycles. The molecule has 1 N–H and O–H groups in total. The molecule has 56 valence electrons. The maximum absolute atomic E-state index is 10.1. The summed E-state index contributed by atoms with van der Waals surface area (Å²) in [4.78, 5) is 20.2. The van der Waals surface area contributed by atoms with Crippen LogP contribution in [0.15, 0.2) is 0 Å². The molecular weight excluding hydrogens is 226 g/mol. The first-order valence-corrected chi connectivity index (χ1v) is 2.13. The second-order valence-electron chi connectivity index (χ2n) is 1.46. The van der Waals surface area contributed by atoms with Crippen molar-refractivity contribution in [3.05, 3.63) is 6.10 Å². The Morgan fingerprint density at radius 3 is 1.40 bits per heavy atom. The Labute approximate surface area is 89.4 Å². The number of Topliss-reactive ketones (excluding diaryl/α,β-unsaturated/α-hetero) is 2. The van der Waals surface area contributed by atoms with Crippen molar-refractivity contribution < 1.29 is 40.9 Å². The number of carbonyl (C=O) groups excluding carboxylic acids is 2. The SMILES string of the molecule is CC(=O)[C-](O)C(C)=O.[AlH3].[Zr]. The van der Waals surface area contributed by atoms with E-state index in [9.17, 15) is 9.59 Å². The van der Waals surface area contributed by atoms with Gasteiger partial charge in [-0.3, -0.25) is 0 Å². The van der Waals surface area contributed by atoms with Gasteiger partial charge in [0, 0.05) is 37.8 Å². The van der Waals surface area contributed by atoms with E-state index in [1.54, 1.807) is 0 Å². The zero-order valence-electron chi connectivity index (χ0n) is 5.26. The average molecular weight is 236 g/mol. The summed E-state index contributed by atoms with van der Waals surface area (Å²) in [5, 5.41) is 8.42. The molecule has 0 aromatic heterocycles. The van der Waals surface area contributed by atoms with E-state index in [1.165, 1.54) is 0 Å². The number of hydrogen-bond donors (Lipinski definition) is 1. The van der Waals surface area contributed by atoms with Crippen molar-refractivity contribution in [2.45, 2.75) is 13.8 Å². The number of aliphatic hydroxyl groups excluding tert-OH is 1. The summed E-state index contributed by atoms with van der Waals surface area (Å²) < 4.78 is 0. The van der Waals surface area contributed by atoms with Gasteiger partial charge in [0.2, 0.25) is 0 Å². The van der Waals surface area contributed by atoms with Crippen molar-refractivity contribution >= 4 is 28.9 Å². The Morgan fingerprint density at radius 1 is 1.20 bits per heavy atom. The van der Waals surface area contributed by atoms with Crippen LogP contribution in [0.25, 0.3) is 0 Å². The Kier molecular flexibility index (Phi) is 13.0. The molecule has 0 rings (SSSR count). The monoisotopic (exact) mass is 235 g/mol. The summed E-state index contributed by atoms with van der Waals surface area (Å²) in [6, 6.07) is 0. The van der Waals surface area contributed by atoms with Crippen LogP contribution < -0.4 is 0 Å². The summed E-state index contributed by atoms with van der Waals surface area (Å²) in [6.45, 7) is 2.27. The normalized spacial score (nSPS) is 6.70. The summed E-state index contributed by atoms with van der Waals surface area (Å²) >= 11 is 0. The maximum atomic E-state index is 10.1. The number of ketones is 2. The fourth-order valence-corrected chi connectivity index (χ4v) is 0.248. The third kappa shape index (κ3) is 6.70. The fourth-order valence-electron chi connectivity index (χ4n) is 0.248. The van der Waals surface area contributed by atoms with E-state index in [-0.39, 0.29) is 43.6 Å². The molecule has 0 spiro atoms. The van der Waals surface area contributed by atoms with Crippen molar-refractivity contribution in [2.24, 2.45) is 0 Å². The first-order chi connectivity index (χ1) is 3.55.